The molecule has 0 amide bonds. The lowest BCUT2D eigenvalue weighted by Crippen LogP contribution is -2.18. The monoisotopic (exact) mass is 510 g/mol. The number of hydrogen-bond donors (Lipinski definition) is 2. The molecule has 0 aliphatic heterocycles. The molecule has 0 saturated heterocycles. The van der Waals surface area contributed by atoms with Gasteiger partial charge in [-0.3, -0.25) is 0 Å². The molecule has 1 N–H and O–H groups in total. The Balaban J connectivity index is 1.92. The fraction of sp³-hybridized carbons (Fsp3) is 0.174. The second-order valence-electron chi connectivity index (χ2n) is 7.99. The molecule has 0 atom stereocenters. The molecule has 0 radical (unpaired) electrons. The molecular formula is C23H18F4N2O3S2. The van der Waals surface area contributed by atoms with Crippen molar-refractivity contribution in [2.75, 3.05) is 0 Å². The summed E-state index contributed by atoms with van der Waals surface area (Å²) >= 11 is 1.17. The maximum absolute atomic E-state index is 14.8. The maximum atomic E-state index is 14.8. The largest absolute Gasteiger partial charge is 0.418 e. The molecule has 2 heterocycles. The van der Waals surface area contributed by atoms with E-state index < -0.39 is 39.5 Å². The van der Waals surface area contributed by atoms with E-state index in [1.807, 2.05) is 0 Å². The summed E-state index contributed by atoms with van der Waals surface area (Å²) in [6.07, 6.45) is -4.84. The van der Waals surface area contributed by atoms with E-state index in [-0.39, 0.29) is 16.3 Å². The van der Waals surface area contributed by atoms with Crippen LogP contribution in [-0.2, 0) is 22.5 Å². The minimum absolute atomic E-state index is 0.0548. The average molecular weight is 511 g/mol. The third kappa shape index (κ3) is 4.63. The summed E-state index contributed by atoms with van der Waals surface area (Å²) in [4.78, 5) is 1.22. The quantitative estimate of drug-likeness (QED) is 0.270. The van der Waals surface area contributed by atoms with E-state index in [1.165, 1.54) is 43.4 Å². The number of nitrogens with zero attached hydrogens (tertiary/aromatic N) is 2. The van der Waals surface area contributed by atoms with E-state index in [9.17, 15) is 31.1 Å². The Labute approximate surface area is 197 Å². The van der Waals surface area contributed by atoms with Gasteiger partial charge in [-0.05, 0) is 61.9 Å². The van der Waals surface area contributed by atoms with Crippen LogP contribution in [0.15, 0.2) is 65.6 Å². The number of thiol groups is 1. The first-order valence-electron chi connectivity index (χ1n) is 9.90. The van der Waals surface area contributed by atoms with Gasteiger partial charge in [-0.25, -0.2) is 17.5 Å². The van der Waals surface area contributed by atoms with Crippen LogP contribution in [0.5, 0.6) is 0 Å². The molecule has 0 aliphatic carbocycles. The minimum Gasteiger partial charge on any atom is -0.384 e. The van der Waals surface area contributed by atoms with Gasteiger partial charge in [0.15, 0.2) is 10.7 Å². The van der Waals surface area contributed by atoms with Crippen molar-refractivity contribution < 1.29 is 31.1 Å². The van der Waals surface area contributed by atoms with Gasteiger partial charge in [0, 0.05) is 4.88 Å². The van der Waals surface area contributed by atoms with Gasteiger partial charge in [0.05, 0.1) is 26.7 Å². The van der Waals surface area contributed by atoms with E-state index in [0.29, 0.717) is 15.3 Å². The molecule has 0 fully saturated rings. The first-order valence-corrected chi connectivity index (χ1v) is 11.9. The summed E-state index contributed by atoms with van der Waals surface area (Å²) in [5.41, 5.74) is -2.68. The van der Waals surface area contributed by atoms with Crippen molar-refractivity contribution in [3.63, 3.8) is 0 Å². The Morgan fingerprint density at radius 3 is 2.29 bits per heavy atom. The van der Waals surface area contributed by atoms with Gasteiger partial charge < -0.3 is 5.11 Å². The molecule has 178 valence electrons. The number of halogens is 4. The van der Waals surface area contributed by atoms with Gasteiger partial charge in [-0.2, -0.15) is 18.3 Å². The molecule has 2 aromatic carbocycles. The summed E-state index contributed by atoms with van der Waals surface area (Å²) in [5, 5.41) is 14.6. The van der Waals surface area contributed by atoms with Crippen LogP contribution in [0.1, 0.15) is 25.1 Å². The van der Waals surface area contributed by atoms with E-state index in [0.717, 1.165) is 22.9 Å². The number of benzene rings is 2. The number of thiophene rings is 1. The number of aromatic nitrogens is 2. The third-order valence-electron chi connectivity index (χ3n) is 5.04. The fourth-order valence-corrected chi connectivity index (χ4v) is 4.84. The van der Waals surface area contributed by atoms with Crippen molar-refractivity contribution in [3.8, 4) is 26.7 Å². The third-order valence-corrected chi connectivity index (χ3v) is 6.90. The van der Waals surface area contributed by atoms with Gasteiger partial charge in [0.25, 0.3) is 0 Å². The topological polar surface area (TPSA) is 72.2 Å². The van der Waals surface area contributed by atoms with Crippen molar-refractivity contribution in [2.45, 2.75) is 30.5 Å². The van der Waals surface area contributed by atoms with Crippen LogP contribution in [0.4, 0.5) is 17.6 Å². The van der Waals surface area contributed by atoms with E-state index in [4.69, 9.17) is 0 Å². The maximum Gasteiger partial charge on any atom is 0.418 e. The molecular weight excluding hydrogens is 492 g/mol. The number of hydrogen-bond acceptors (Lipinski definition) is 5. The molecule has 0 unspecified atom stereocenters. The van der Waals surface area contributed by atoms with Crippen LogP contribution in [-0.4, -0.2) is 23.3 Å². The van der Waals surface area contributed by atoms with Crippen LogP contribution >= 0.6 is 11.3 Å². The molecule has 0 bridgehead atoms. The number of rotatable bonds is 5. The molecule has 4 aromatic rings. The summed E-state index contributed by atoms with van der Waals surface area (Å²) in [6.45, 7) is 2.84. The van der Waals surface area contributed by atoms with Crippen LogP contribution < -0.4 is 0 Å². The molecule has 5 nitrogen and oxygen atoms in total. The van der Waals surface area contributed by atoms with Crippen LogP contribution in [0.25, 0.3) is 26.7 Å². The Bertz CT molecular complexity index is 1440. The average Bonchev–Trinajstić information content (AvgIpc) is 3.40. The standard InChI is InChI=1S/C23H18F4N2O3S2/c1-22(2,30)20-12-17(29(28-20)21-15(23(25,26)27)7-4-8-16(21)24)19-10-9-18(33-19)13-5-3-6-14(11-13)34(31)32/h3-12,30,34H,1-2H3. The van der Waals surface area contributed by atoms with Crippen molar-refractivity contribution in [1.82, 2.24) is 9.78 Å². The van der Waals surface area contributed by atoms with E-state index in [2.05, 4.69) is 5.10 Å². The normalized spacial score (nSPS) is 12.5. The highest BCUT2D eigenvalue weighted by molar-refractivity contribution is 7.72. The summed E-state index contributed by atoms with van der Waals surface area (Å²) < 4.78 is 79.4. The SMILES string of the molecule is CC(C)(O)c1cc(-c2ccc(-c3cccc([SH](=O)=O)c3)s2)n(-c2c(F)cccc2C(F)(F)F)n1. The van der Waals surface area contributed by atoms with E-state index >= 15 is 0 Å². The highest BCUT2D eigenvalue weighted by atomic mass is 32.2. The molecule has 0 saturated carbocycles. The number of aliphatic hydroxyl groups is 1. The molecule has 0 aliphatic rings. The Kier molecular flexibility index (Phi) is 6.13. The zero-order valence-corrected chi connectivity index (χ0v) is 19.5. The molecule has 4 rings (SSSR count). The van der Waals surface area contributed by atoms with Crippen LogP contribution in [0, 0.1) is 5.82 Å². The Morgan fingerprint density at radius 2 is 1.65 bits per heavy atom. The van der Waals surface area contributed by atoms with Gasteiger partial charge in [-0.1, -0.05) is 18.2 Å². The lowest BCUT2D eigenvalue weighted by molar-refractivity contribution is -0.137. The zero-order valence-electron chi connectivity index (χ0n) is 17.8. The van der Waals surface area contributed by atoms with Gasteiger partial charge in [0.2, 0.25) is 0 Å². The van der Waals surface area contributed by atoms with Crippen molar-refractivity contribution in [2.24, 2.45) is 0 Å². The lowest BCUT2D eigenvalue weighted by Gasteiger charge is -2.16. The smallest absolute Gasteiger partial charge is 0.384 e. The first-order chi connectivity index (χ1) is 15.9. The highest BCUT2D eigenvalue weighted by Crippen LogP contribution is 2.40. The predicted molar refractivity (Wildman–Crippen MR) is 121 cm³/mol. The summed E-state index contributed by atoms with van der Waals surface area (Å²) in [5.74, 6) is -1.12. The number of alkyl halides is 3. The molecule has 2 aromatic heterocycles. The minimum atomic E-state index is -4.84. The van der Waals surface area contributed by atoms with E-state index in [1.54, 1.807) is 24.3 Å². The Hall–Kier alpha value is -3.02. The summed E-state index contributed by atoms with van der Waals surface area (Å²) in [7, 11) is -2.79. The second-order valence-corrected chi connectivity index (χ2v) is 10.1. The molecule has 0 spiro atoms. The molecule has 11 heteroatoms. The fourth-order valence-electron chi connectivity index (χ4n) is 3.39. The first kappa shape index (κ1) is 24.1. The van der Waals surface area contributed by atoms with Crippen molar-refractivity contribution in [3.05, 3.63) is 77.7 Å². The van der Waals surface area contributed by atoms with Gasteiger partial charge in [-0.15, -0.1) is 11.3 Å². The van der Waals surface area contributed by atoms with Gasteiger partial charge >= 0.3 is 6.18 Å². The summed E-state index contributed by atoms with van der Waals surface area (Å²) in [6, 6.07) is 13.6. The highest BCUT2D eigenvalue weighted by Gasteiger charge is 2.37. The van der Waals surface area contributed by atoms with Crippen molar-refractivity contribution in [1.29, 1.82) is 0 Å². The zero-order chi connectivity index (χ0) is 24.8. The van der Waals surface area contributed by atoms with Crippen LogP contribution in [0.2, 0.25) is 0 Å². The lowest BCUT2D eigenvalue weighted by atomic mass is 10.1. The number of para-hydroxylation sites is 1. The second kappa shape index (κ2) is 8.64. The predicted octanol–water partition coefficient (Wildman–Crippen LogP) is 5.62. The Morgan fingerprint density at radius 1 is 0.971 bits per heavy atom. The van der Waals surface area contributed by atoms with Gasteiger partial charge in [0.1, 0.15) is 17.1 Å². The molecule has 34 heavy (non-hydrogen) atoms. The van der Waals surface area contributed by atoms with Crippen LogP contribution in [0.3, 0.4) is 0 Å². The van der Waals surface area contributed by atoms with Crippen molar-refractivity contribution >= 4 is 22.0 Å².